The third-order valence-electron chi connectivity index (χ3n) is 3.56. The molecule has 1 heterocycles. The molecule has 0 amide bonds. The number of carbonyl (C=O) groups is 2. The molecular formula is C20H18O5. The smallest absolute Gasteiger partial charge is 0.348 e. The van der Waals surface area contributed by atoms with E-state index in [4.69, 9.17) is 14.2 Å². The number of hydrogen-bond acceptors (Lipinski definition) is 5. The molecule has 1 aliphatic rings. The van der Waals surface area contributed by atoms with Gasteiger partial charge in [0.25, 0.3) is 5.79 Å². The van der Waals surface area contributed by atoms with E-state index in [1.54, 1.807) is 24.3 Å². The Labute approximate surface area is 145 Å². The highest BCUT2D eigenvalue weighted by Gasteiger charge is 2.38. The van der Waals surface area contributed by atoms with Crippen LogP contribution in [0.25, 0.3) is 6.08 Å². The fourth-order valence-electron chi connectivity index (χ4n) is 2.32. The highest BCUT2D eigenvalue weighted by Crippen LogP contribution is 2.26. The number of rotatable bonds is 3. The average Bonchev–Trinajstić information content (AvgIpc) is 2.54. The second-order valence-electron chi connectivity index (χ2n) is 6.22. The van der Waals surface area contributed by atoms with Gasteiger partial charge in [-0.25, -0.2) is 9.59 Å². The van der Waals surface area contributed by atoms with Crippen LogP contribution in [-0.4, -0.2) is 17.7 Å². The molecule has 2 aromatic rings. The van der Waals surface area contributed by atoms with Gasteiger partial charge in [-0.3, -0.25) is 0 Å². The zero-order valence-corrected chi connectivity index (χ0v) is 14.2. The molecule has 0 unspecified atom stereocenters. The first-order valence-electron chi connectivity index (χ1n) is 7.85. The molecule has 3 rings (SSSR count). The first kappa shape index (κ1) is 16.8. The van der Waals surface area contributed by atoms with Gasteiger partial charge in [-0.05, 0) is 42.8 Å². The Bertz CT molecular complexity index is 807. The number of hydrogen-bond donors (Lipinski definition) is 0. The van der Waals surface area contributed by atoms with Crippen molar-refractivity contribution >= 4 is 18.0 Å². The van der Waals surface area contributed by atoms with Gasteiger partial charge in [0.15, 0.2) is 0 Å². The fraction of sp³-hybridized carbons (Fsp3) is 0.200. The van der Waals surface area contributed by atoms with Crippen LogP contribution in [0, 0.1) is 6.92 Å². The number of benzene rings is 2. The minimum Gasteiger partial charge on any atom is -0.457 e. The number of esters is 2. The number of aryl methyl sites for hydroxylation is 1. The maximum Gasteiger partial charge on any atom is 0.348 e. The quantitative estimate of drug-likeness (QED) is 0.481. The second kappa shape index (κ2) is 6.43. The summed E-state index contributed by atoms with van der Waals surface area (Å²) in [6.07, 6.45) is 1.44. The first-order valence-corrected chi connectivity index (χ1v) is 7.85. The molecule has 0 saturated carbocycles. The summed E-state index contributed by atoms with van der Waals surface area (Å²) in [6.45, 7) is 5.03. The van der Waals surface area contributed by atoms with Gasteiger partial charge in [0, 0.05) is 13.8 Å². The molecule has 1 aliphatic heterocycles. The van der Waals surface area contributed by atoms with Crippen LogP contribution < -0.4 is 4.74 Å². The standard InChI is InChI=1S/C20H18O5/c1-13-4-8-15(9-5-13)23-16-10-6-14(7-11-16)12-17-18(21)24-20(2,3)25-19(17)22/h4-12H,1-3H3. The summed E-state index contributed by atoms with van der Waals surface area (Å²) in [4.78, 5) is 23.9. The zero-order valence-electron chi connectivity index (χ0n) is 14.2. The van der Waals surface area contributed by atoms with Crippen LogP contribution in [-0.2, 0) is 19.1 Å². The van der Waals surface area contributed by atoms with E-state index in [9.17, 15) is 9.59 Å². The van der Waals surface area contributed by atoms with Crippen molar-refractivity contribution in [2.45, 2.75) is 26.6 Å². The van der Waals surface area contributed by atoms with Gasteiger partial charge in [0.1, 0.15) is 17.1 Å². The van der Waals surface area contributed by atoms with E-state index in [1.807, 2.05) is 31.2 Å². The third-order valence-corrected chi connectivity index (χ3v) is 3.56. The van der Waals surface area contributed by atoms with Gasteiger partial charge in [-0.2, -0.15) is 0 Å². The number of carbonyl (C=O) groups excluding carboxylic acids is 2. The maximum absolute atomic E-state index is 11.9. The normalized spacial score (nSPS) is 16.0. The monoisotopic (exact) mass is 338 g/mol. The lowest BCUT2D eigenvalue weighted by Gasteiger charge is -2.29. The lowest BCUT2D eigenvalue weighted by atomic mass is 10.1. The number of ether oxygens (including phenoxy) is 3. The summed E-state index contributed by atoms with van der Waals surface area (Å²) in [5.41, 5.74) is 1.69. The van der Waals surface area contributed by atoms with Crippen molar-refractivity contribution in [2.75, 3.05) is 0 Å². The predicted molar refractivity (Wildman–Crippen MR) is 91.9 cm³/mol. The van der Waals surface area contributed by atoms with E-state index in [0.717, 1.165) is 11.3 Å². The molecule has 0 radical (unpaired) electrons. The Kier molecular flexibility index (Phi) is 4.31. The van der Waals surface area contributed by atoms with Crippen LogP contribution in [0.2, 0.25) is 0 Å². The molecule has 5 heteroatoms. The largest absolute Gasteiger partial charge is 0.457 e. The molecule has 1 saturated heterocycles. The molecule has 128 valence electrons. The van der Waals surface area contributed by atoms with Gasteiger partial charge < -0.3 is 14.2 Å². The van der Waals surface area contributed by atoms with Crippen LogP contribution in [0.3, 0.4) is 0 Å². The van der Waals surface area contributed by atoms with Crippen LogP contribution >= 0.6 is 0 Å². The molecule has 0 spiro atoms. The van der Waals surface area contributed by atoms with E-state index in [2.05, 4.69) is 0 Å². The summed E-state index contributed by atoms with van der Waals surface area (Å²) < 4.78 is 15.9. The summed E-state index contributed by atoms with van der Waals surface area (Å²) in [7, 11) is 0. The molecule has 5 nitrogen and oxygen atoms in total. The van der Waals surface area contributed by atoms with E-state index in [0.29, 0.717) is 11.3 Å². The molecule has 0 N–H and O–H groups in total. The SMILES string of the molecule is Cc1ccc(Oc2ccc(C=C3C(=O)OC(C)(C)OC3=O)cc2)cc1. The van der Waals surface area contributed by atoms with Crippen molar-refractivity contribution in [3.8, 4) is 11.5 Å². The number of cyclic esters (lactones) is 2. The van der Waals surface area contributed by atoms with Crippen LogP contribution in [0.5, 0.6) is 11.5 Å². The van der Waals surface area contributed by atoms with Gasteiger partial charge in [0.05, 0.1) is 0 Å². The van der Waals surface area contributed by atoms with Crippen molar-refractivity contribution < 1.29 is 23.8 Å². The van der Waals surface area contributed by atoms with Crippen LogP contribution in [0.15, 0.2) is 54.1 Å². The van der Waals surface area contributed by atoms with Crippen molar-refractivity contribution in [2.24, 2.45) is 0 Å². The van der Waals surface area contributed by atoms with Crippen molar-refractivity contribution in [1.82, 2.24) is 0 Å². The van der Waals surface area contributed by atoms with E-state index in [1.165, 1.54) is 19.9 Å². The zero-order chi connectivity index (χ0) is 18.0. The van der Waals surface area contributed by atoms with Gasteiger partial charge in [0.2, 0.25) is 0 Å². The second-order valence-corrected chi connectivity index (χ2v) is 6.22. The van der Waals surface area contributed by atoms with Gasteiger partial charge in [-0.15, -0.1) is 0 Å². The molecule has 0 bridgehead atoms. The predicted octanol–water partition coefficient (Wildman–Crippen LogP) is 4.01. The molecule has 2 aromatic carbocycles. The molecule has 0 aromatic heterocycles. The molecule has 25 heavy (non-hydrogen) atoms. The Morgan fingerprint density at radius 1 is 0.840 bits per heavy atom. The van der Waals surface area contributed by atoms with Crippen molar-refractivity contribution in [3.05, 3.63) is 65.2 Å². The maximum atomic E-state index is 11.9. The van der Waals surface area contributed by atoms with E-state index in [-0.39, 0.29) is 5.57 Å². The highest BCUT2D eigenvalue weighted by atomic mass is 16.7. The first-order chi connectivity index (χ1) is 11.8. The van der Waals surface area contributed by atoms with Crippen LogP contribution in [0.1, 0.15) is 25.0 Å². The fourth-order valence-corrected chi connectivity index (χ4v) is 2.32. The minimum absolute atomic E-state index is 0.133. The van der Waals surface area contributed by atoms with Gasteiger partial charge >= 0.3 is 11.9 Å². The Hall–Kier alpha value is -3.08. The third kappa shape index (κ3) is 4.07. The van der Waals surface area contributed by atoms with Crippen molar-refractivity contribution in [3.63, 3.8) is 0 Å². The summed E-state index contributed by atoms with van der Waals surface area (Å²) >= 11 is 0. The molecule has 0 atom stereocenters. The Morgan fingerprint density at radius 2 is 1.32 bits per heavy atom. The van der Waals surface area contributed by atoms with Crippen molar-refractivity contribution in [1.29, 1.82) is 0 Å². The topological polar surface area (TPSA) is 61.8 Å². The van der Waals surface area contributed by atoms with E-state index < -0.39 is 17.7 Å². The summed E-state index contributed by atoms with van der Waals surface area (Å²) in [5, 5.41) is 0. The Balaban J connectivity index is 1.75. The summed E-state index contributed by atoms with van der Waals surface area (Å²) in [6, 6.07) is 14.7. The molecular weight excluding hydrogens is 320 g/mol. The van der Waals surface area contributed by atoms with Crippen LogP contribution in [0.4, 0.5) is 0 Å². The van der Waals surface area contributed by atoms with E-state index >= 15 is 0 Å². The summed E-state index contributed by atoms with van der Waals surface area (Å²) in [5.74, 6) is -1.24. The Morgan fingerprint density at radius 3 is 1.84 bits per heavy atom. The molecule has 0 aliphatic carbocycles. The minimum atomic E-state index is -1.24. The lowest BCUT2D eigenvalue weighted by molar-refractivity contribution is -0.222. The highest BCUT2D eigenvalue weighted by molar-refractivity contribution is 6.18. The molecule has 1 fully saturated rings. The average molecular weight is 338 g/mol. The van der Waals surface area contributed by atoms with Gasteiger partial charge in [-0.1, -0.05) is 29.8 Å². The lowest BCUT2D eigenvalue weighted by Crippen LogP contribution is -2.41.